The third-order valence-electron chi connectivity index (χ3n) is 3.80. The normalized spacial score (nSPS) is 12.9. The molecule has 0 bridgehead atoms. The van der Waals surface area contributed by atoms with Gasteiger partial charge in [-0.05, 0) is 25.0 Å². The van der Waals surface area contributed by atoms with Gasteiger partial charge >= 0.3 is 0 Å². The van der Waals surface area contributed by atoms with E-state index in [2.05, 4.69) is 42.7 Å². The van der Waals surface area contributed by atoms with Crippen LogP contribution in [0.25, 0.3) is 11.0 Å². The number of nitrogens with zero attached hydrogens (tertiary/aromatic N) is 2. The number of hydrogen-bond donors (Lipinski definition) is 1. The van der Waals surface area contributed by atoms with Crippen molar-refractivity contribution in [3.8, 4) is 0 Å². The van der Waals surface area contributed by atoms with E-state index in [0.717, 1.165) is 37.1 Å². The molecular weight excluding hydrogens is 246 g/mol. The fraction of sp³-hybridized carbons (Fsp3) is 0.588. The summed E-state index contributed by atoms with van der Waals surface area (Å²) in [6, 6.07) is 8.61. The first-order chi connectivity index (χ1) is 9.76. The number of para-hydroxylation sites is 2. The predicted octanol–water partition coefficient (Wildman–Crippen LogP) is 3.90. The van der Waals surface area contributed by atoms with Crippen molar-refractivity contribution in [1.82, 2.24) is 9.55 Å². The SMILES string of the molecule is CCCCCC(N)Cc1nc2ccccc2n1CCC. The molecule has 1 aromatic heterocycles. The Morgan fingerprint density at radius 3 is 2.70 bits per heavy atom. The number of hydrogen-bond acceptors (Lipinski definition) is 2. The van der Waals surface area contributed by atoms with Gasteiger partial charge in [0, 0.05) is 19.0 Å². The van der Waals surface area contributed by atoms with Crippen LogP contribution in [0.1, 0.15) is 51.8 Å². The Balaban J connectivity index is 2.13. The molecule has 1 atom stereocenters. The molecule has 110 valence electrons. The summed E-state index contributed by atoms with van der Waals surface area (Å²) in [7, 11) is 0. The van der Waals surface area contributed by atoms with Gasteiger partial charge in [-0.2, -0.15) is 0 Å². The van der Waals surface area contributed by atoms with Crippen LogP contribution in [-0.2, 0) is 13.0 Å². The van der Waals surface area contributed by atoms with Gasteiger partial charge in [-0.15, -0.1) is 0 Å². The molecule has 0 fully saturated rings. The summed E-state index contributed by atoms with van der Waals surface area (Å²) >= 11 is 0. The average Bonchev–Trinajstić information content (AvgIpc) is 2.78. The van der Waals surface area contributed by atoms with E-state index in [-0.39, 0.29) is 6.04 Å². The maximum Gasteiger partial charge on any atom is 0.111 e. The van der Waals surface area contributed by atoms with Crippen LogP contribution < -0.4 is 5.73 Å². The van der Waals surface area contributed by atoms with Crippen LogP contribution in [0.5, 0.6) is 0 Å². The highest BCUT2D eigenvalue weighted by molar-refractivity contribution is 5.75. The Labute approximate surface area is 122 Å². The van der Waals surface area contributed by atoms with E-state index in [1.165, 1.54) is 24.8 Å². The molecule has 1 unspecified atom stereocenters. The van der Waals surface area contributed by atoms with E-state index >= 15 is 0 Å². The minimum Gasteiger partial charge on any atom is -0.328 e. The first-order valence-electron chi connectivity index (χ1n) is 7.96. The van der Waals surface area contributed by atoms with E-state index in [0.29, 0.717) is 0 Å². The zero-order valence-corrected chi connectivity index (χ0v) is 12.8. The van der Waals surface area contributed by atoms with Crippen molar-refractivity contribution in [2.24, 2.45) is 5.73 Å². The van der Waals surface area contributed by atoms with Crippen molar-refractivity contribution in [3.05, 3.63) is 30.1 Å². The van der Waals surface area contributed by atoms with E-state index in [4.69, 9.17) is 10.7 Å². The van der Waals surface area contributed by atoms with Gasteiger partial charge in [0.1, 0.15) is 5.82 Å². The zero-order valence-electron chi connectivity index (χ0n) is 12.8. The Morgan fingerprint density at radius 2 is 1.95 bits per heavy atom. The zero-order chi connectivity index (χ0) is 14.4. The first kappa shape index (κ1) is 15.0. The number of aromatic nitrogens is 2. The molecule has 2 aromatic rings. The standard InChI is InChI=1S/C17H27N3/c1-3-5-6-9-14(18)13-17-19-15-10-7-8-11-16(15)20(17)12-4-2/h7-8,10-11,14H,3-6,9,12-13,18H2,1-2H3. The van der Waals surface area contributed by atoms with Gasteiger partial charge in [0.2, 0.25) is 0 Å². The van der Waals surface area contributed by atoms with Crippen LogP contribution in [-0.4, -0.2) is 15.6 Å². The number of rotatable bonds is 8. The molecule has 1 heterocycles. The molecule has 0 aliphatic heterocycles. The maximum atomic E-state index is 6.28. The minimum absolute atomic E-state index is 0.231. The van der Waals surface area contributed by atoms with Crippen molar-refractivity contribution in [2.75, 3.05) is 0 Å². The van der Waals surface area contributed by atoms with Crippen LogP contribution in [0.4, 0.5) is 0 Å². The molecule has 3 heteroatoms. The molecule has 3 nitrogen and oxygen atoms in total. The van der Waals surface area contributed by atoms with E-state index in [1.54, 1.807) is 0 Å². The van der Waals surface area contributed by atoms with Gasteiger partial charge in [-0.1, -0.05) is 45.2 Å². The minimum atomic E-state index is 0.231. The molecule has 0 radical (unpaired) electrons. The summed E-state index contributed by atoms with van der Waals surface area (Å²) in [6.07, 6.45) is 6.87. The summed E-state index contributed by atoms with van der Waals surface area (Å²) in [5, 5.41) is 0. The van der Waals surface area contributed by atoms with E-state index in [9.17, 15) is 0 Å². The molecule has 20 heavy (non-hydrogen) atoms. The molecule has 0 saturated carbocycles. The van der Waals surface area contributed by atoms with Crippen LogP contribution in [0.15, 0.2) is 24.3 Å². The van der Waals surface area contributed by atoms with Crippen molar-refractivity contribution in [1.29, 1.82) is 0 Å². The summed E-state index contributed by atoms with van der Waals surface area (Å²) < 4.78 is 2.34. The molecule has 0 saturated heterocycles. The van der Waals surface area contributed by atoms with Crippen LogP contribution >= 0.6 is 0 Å². The number of fused-ring (bicyclic) bond motifs is 1. The Hall–Kier alpha value is -1.35. The number of nitrogens with two attached hydrogens (primary N) is 1. The lowest BCUT2D eigenvalue weighted by atomic mass is 10.1. The second kappa shape index (κ2) is 7.44. The quantitative estimate of drug-likeness (QED) is 0.741. The van der Waals surface area contributed by atoms with Crippen molar-refractivity contribution in [2.45, 2.75) is 65.0 Å². The molecule has 0 aliphatic carbocycles. The van der Waals surface area contributed by atoms with Gasteiger partial charge in [-0.25, -0.2) is 4.98 Å². The van der Waals surface area contributed by atoms with Gasteiger partial charge < -0.3 is 10.3 Å². The smallest absolute Gasteiger partial charge is 0.111 e. The fourth-order valence-electron chi connectivity index (χ4n) is 2.75. The number of imidazole rings is 1. The number of aryl methyl sites for hydroxylation is 1. The third kappa shape index (κ3) is 3.60. The van der Waals surface area contributed by atoms with Crippen molar-refractivity contribution in [3.63, 3.8) is 0 Å². The van der Waals surface area contributed by atoms with Gasteiger partial charge in [0.15, 0.2) is 0 Å². The lowest BCUT2D eigenvalue weighted by Gasteiger charge is -2.13. The number of benzene rings is 1. The van der Waals surface area contributed by atoms with Gasteiger partial charge in [0.05, 0.1) is 11.0 Å². The van der Waals surface area contributed by atoms with Crippen molar-refractivity contribution < 1.29 is 0 Å². The summed E-state index contributed by atoms with van der Waals surface area (Å²) in [6.45, 7) is 5.46. The molecule has 1 aromatic carbocycles. The molecule has 0 spiro atoms. The molecule has 2 N–H and O–H groups in total. The molecular formula is C17H27N3. The summed E-state index contributed by atoms with van der Waals surface area (Å²) in [4.78, 5) is 4.78. The topological polar surface area (TPSA) is 43.8 Å². The second-order valence-electron chi connectivity index (χ2n) is 5.63. The summed E-state index contributed by atoms with van der Waals surface area (Å²) in [5.74, 6) is 1.15. The highest BCUT2D eigenvalue weighted by Crippen LogP contribution is 2.18. The van der Waals surface area contributed by atoms with Crippen LogP contribution in [0.3, 0.4) is 0 Å². The largest absolute Gasteiger partial charge is 0.328 e. The predicted molar refractivity (Wildman–Crippen MR) is 85.8 cm³/mol. The van der Waals surface area contributed by atoms with Crippen LogP contribution in [0, 0.1) is 0 Å². The number of unbranched alkanes of at least 4 members (excludes halogenated alkanes) is 2. The monoisotopic (exact) mass is 273 g/mol. The van der Waals surface area contributed by atoms with Gasteiger partial charge in [0.25, 0.3) is 0 Å². The van der Waals surface area contributed by atoms with Crippen LogP contribution in [0.2, 0.25) is 0 Å². The van der Waals surface area contributed by atoms with Crippen molar-refractivity contribution >= 4 is 11.0 Å². The Bertz CT molecular complexity index is 530. The Kier molecular flexibility index (Phi) is 5.60. The van der Waals surface area contributed by atoms with E-state index < -0.39 is 0 Å². The average molecular weight is 273 g/mol. The Morgan fingerprint density at radius 1 is 1.15 bits per heavy atom. The fourth-order valence-corrected chi connectivity index (χ4v) is 2.75. The third-order valence-corrected chi connectivity index (χ3v) is 3.80. The molecule has 0 aliphatic rings. The second-order valence-corrected chi connectivity index (χ2v) is 5.63. The highest BCUT2D eigenvalue weighted by Gasteiger charge is 2.13. The highest BCUT2D eigenvalue weighted by atomic mass is 15.1. The molecule has 2 rings (SSSR count). The first-order valence-corrected chi connectivity index (χ1v) is 7.96. The molecule has 0 amide bonds. The lowest BCUT2D eigenvalue weighted by molar-refractivity contribution is 0.531. The van der Waals surface area contributed by atoms with Gasteiger partial charge in [-0.3, -0.25) is 0 Å². The summed E-state index contributed by atoms with van der Waals surface area (Å²) in [5.41, 5.74) is 8.62. The van der Waals surface area contributed by atoms with E-state index in [1.807, 2.05) is 0 Å². The maximum absolute atomic E-state index is 6.28. The lowest BCUT2D eigenvalue weighted by Crippen LogP contribution is -2.24.